The van der Waals surface area contributed by atoms with Crippen molar-refractivity contribution in [2.24, 2.45) is 5.73 Å². The first-order valence-corrected chi connectivity index (χ1v) is 6.83. The molecule has 0 aromatic carbocycles. The molecule has 0 saturated heterocycles. The monoisotopic (exact) mass is 291 g/mol. The smallest absolute Gasteiger partial charge is 0.306 e. The average Bonchev–Trinajstić information content (AvgIpc) is 2.95. The van der Waals surface area contributed by atoms with Crippen molar-refractivity contribution in [2.45, 2.75) is 39.3 Å². The number of allylic oxidation sites excluding steroid dienone is 3. The normalized spacial score (nSPS) is 13.4. The molecule has 0 aliphatic heterocycles. The Bertz CT molecular complexity index is 532. The van der Waals surface area contributed by atoms with Crippen LogP contribution in [0.1, 0.15) is 44.6 Å². The molecule has 0 fully saturated rings. The van der Waals surface area contributed by atoms with Gasteiger partial charge in [-0.3, -0.25) is 4.79 Å². The van der Waals surface area contributed by atoms with Gasteiger partial charge in [-0.2, -0.15) is 0 Å². The minimum atomic E-state index is -0.738. The average molecular weight is 291 g/mol. The predicted molar refractivity (Wildman–Crippen MR) is 79.0 cm³/mol. The Hall–Kier alpha value is -2.21. The summed E-state index contributed by atoms with van der Waals surface area (Å²) in [5, 5.41) is 7.70. The lowest BCUT2D eigenvalue weighted by atomic mass is 10.1. The summed E-state index contributed by atoms with van der Waals surface area (Å²) in [6.45, 7) is 7.50. The number of nitrogens with zero attached hydrogens (tertiary/aromatic N) is 2. The molecule has 0 aliphatic rings. The quantitative estimate of drug-likeness (QED) is 0.584. The van der Waals surface area contributed by atoms with E-state index >= 15 is 0 Å². The first-order chi connectivity index (χ1) is 10.2. The number of aromatic nitrogens is 2. The minimum absolute atomic E-state index is 0.135. The highest BCUT2D eigenvalue weighted by molar-refractivity contribution is 5.70. The van der Waals surface area contributed by atoms with Crippen LogP contribution >= 0.6 is 0 Å². The van der Waals surface area contributed by atoms with Gasteiger partial charge in [0.15, 0.2) is 0 Å². The molecule has 1 atom stereocenters. The zero-order valence-corrected chi connectivity index (χ0v) is 12.4. The van der Waals surface area contributed by atoms with E-state index < -0.39 is 6.10 Å². The highest BCUT2D eigenvalue weighted by Crippen LogP contribution is 2.26. The van der Waals surface area contributed by atoms with Crippen molar-refractivity contribution in [3.63, 3.8) is 0 Å². The second-order valence-corrected chi connectivity index (χ2v) is 4.24. The molecule has 1 aromatic rings. The topological polar surface area (TPSA) is 91.2 Å². The third kappa shape index (κ3) is 5.00. The second-order valence-electron chi connectivity index (χ2n) is 4.24. The van der Waals surface area contributed by atoms with Crippen LogP contribution in [0.25, 0.3) is 0 Å². The van der Waals surface area contributed by atoms with Gasteiger partial charge in [0.25, 0.3) is 5.89 Å². The molecule has 1 aromatic heterocycles. The Morgan fingerprint density at radius 1 is 1.52 bits per heavy atom. The van der Waals surface area contributed by atoms with E-state index in [1.807, 2.05) is 19.9 Å². The van der Waals surface area contributed by atoms with E-state index in [0.29, 0.717) is 18.7 Å². The van der Waals surface area contributed by atoms with Crippen LogP contribution in [0.2, 0.25) is 0 Å². The van der Waals surface area contributed by atoms with Crippen molar-refractivity contribution in [3.8, 4) is 0 Å². The Morgan fingerprint density at radius 2 is 2.29 bits per heavy atom. The fourth-order valence-electron chi connectivity index (χ4n) is 1.62. The maximum Gasteiger partial charge on any atom is 0.306 e. The fraction of sp³-hybridized carbons (Fsp3) is 0.400. The Morgan fingerprint density at radius 3 is 2.81 bits per heavy atom. The predicted octanol–water partition coefficient (Wildman–Crippen LogP) is 2.60. The molecule has 0 bridgehead atoms. The van der Waals surface area contributed by atoms with Gasteiger partial charge in [0, 0.05) is 6.42 Å². The summed E-state index contributed by atoms with van der Waals surface area (Å²) in [6, 6.07) is 0. The fourth-order valence-corrected chi connectivity index (χ4v) is 1.62. The number of carbonyl (C=O) groups is 1. The van der Waals surface area contributed by atoms with Crippen molar-refractivity contribution in [2.75, 3.05) is 0 Å². The molecule has 2 N–H and O–H groups in total. The third-order valence-corrected chi connectivity index (χ3v) is 2.65. The van der Waals surface area contributed by atoms with E-state index in [1.165, 1.54) is 0 Å². The SMILES string of the molecule is C=C/C=C\C(=C/C)C(OC(=O)CCC)c1nnc(CN)o1. The van der Waals surface area contributed by atoms with E-state index in [9.17, 15) is 4.79 Å². The van der Waals surface area contributed by atoms with Crippen molar-refractivity contribution >= 4 is 5.97 Å². The van der Waals surface area contributed by atoms with E-state index in [4.69, 9.17) is 14.9 Å². The van der Waals surface area contributed by atoms with Crippen molar-refractivity contribution in [1.29, 1.82) is 0 Å². The number of carbonyl (C=O) groups excluding carboxylic acids is 1. The molecule has 1 rings (SSSR count). The van der Waals surface area contributed by atoms with Crippen LogP contribution in [0.3, 0.4) is 0 Å². The molecule has 21 heavy (non-hydrogen) atoms. The van der Waals surface area contributed by atoms with Crippen molar-refractivity contribution < 1.29 is 13.9 Å². The van der Waals surface area contributed by atoms with E-state index in [1.54, 1.807) is 18.2 Å². The van der Waals surface area contributed by atoms with Crippen LogP contribution < -0.4 is 5.73 Å². The lowest BCUT2D eigenvalue weighted by molar-refractivity contribution is -0.148. The summed E-state index contributed by atoms with van der Waals surface area (Å²) in [6.07, 6.45) is 7.27. The van der Waals surface area contributed by atoms with Gasteiger partial charge >= 0.3 is 5.97 Å². The van der Waals surface area contributed by atoms with Gasteiger partial charge in [-0.15, -0.1) is 10.2 Å². The molecule has 6 nitrogen and oxygen atoms in total. The molecular formula is C15H21N3O3. The minimum Gasteiger partial charge on any atom is -0.447 e. The first-order valence-electron chi connectivity index (χ1n) is 6.83. The molecule has 0 saturated carbocycles. The highest BCUT2D eigenvalue weighted by Gasteiger charge is 2.25. The van der Waals surface area contributed by atoms with Crippen LogP contribution in [0.5, 0.6) is 0 Å². The number of rotatable bonds is 8. The van der Waals surface area contributed by atoms with Gasteiger partial charge in [0.05, 0.1) is 6.54 Å². The molecular weight excluding hydrogens is 270 g/mol. The largest absolute Gasteiger partial charge is 0.447 e. The summed E-state index contributed by atoms with van der Waals surface area (Å²) >= 11 is 0. The van der Waals surface area contributed by atoms with Gasteiger partial charge in [0.1, 0.15) is 0 Å². The molecule has 0 amide bonds. The molecule has 0 spiro atoms. The van der Waals surface area contributed by atoms with Crippen LogP contribution in [0.15, 0.2) is 40.9 Å². The van der Waals surface area contributed by atoms with Crippen LogP contribution in [-0.2, 0) is 16.1 Å². The second kappa shape index (κ2) is 8.86. The molecule has 1 heterocycles. The van der Waals surface area contributed by atoms with Gasteiger partial charge in [-0.1, -0.05) is 37.8 Å². The Balaban J connectivity index is 3.06. The zero-order chi connectivity index (χ0) is 15.7. The Labute approximate surface area is 124 Å². The van der Waals surface area contributed by atoms with E-state index in [0.717, 1.165) is 5.57 Å². The summed E-state index contributed by atoms with van der Waals surface area (Å²) in [4.78, 5) is 11.8. The number of esters is 1. The highest BCUT2D eigenvalue weighted by atomic mass is 16.6. The maximum atomic E-state index is 11.8. The lowest BCUT2D eigenvalue weighted by Crippen LogP contribution is -2.13. The van der Waals surface area contributed by atoms with Gasteiger partial charge in [0.2, 0.25) is 12.0 Å². The van der Waals surface area contributed by atoms with Crippen molar-refractivity contribution in [1.82, 2.24) is 10.2 Å². The molecule has 1 unspecified atom stereocenters. The third-order valence-electron chi connectivity index (χ3n) is 2.65. The summed E-state index contributed by atoms with van der Waals surface area (Å²) in [5.74, 6) is 0.188. The molecule has 6 heteroatoms. The lowest BCUT2D eigenvalue weighted by Gasteiger charge is -2.15. The molecule has 114 valence electrons. The van der Waals surface area contributed by atoms with E-state index in [2.05, 4.69) is 16.8 Å². The number of nitrogens with two attached hydrogens (primary N) is 1. The van der Waals surface area contributed by atoms with Gasteiger partial charge in [-0.25, -0.2) is 0 Å². The van der Waals surface area contributed by atoms with Gasteiger partial charge < -0.3 is 14.9 Å². The zero-order valence-electron chi connectivity index (χ0n) is 12.4. The first kappa shape index (κ1) is 16.8. The van der Waals surface area contributed by atoms with Crippen molar-refractivity contribution in [3.05, 3.63) is 48.2 Å². The summed E-state index contributed by atoms with van der Waals surface area (Å²) in [7, 11) is 0. The number of hydrogen-bond donors (Lipinski definition) is 1. The summed E-state index contributed by atoms with van der Waals surface area (Å²) in [5.41, 5.74) is 6.18. The number of hydrogen-bond acceptors (Lipinski definition) is 6. The molecule has 0 radical (unpaired) electrons. The standard InChI is InChI=1S/C15H21N3O3/c1-4-7-9-11(6-3)14(21-13(19)8-5-2)15-18-17-12(10-16)20-15/h4,6-7,9,14H,1,5,8,10,16H2,2-3H3/b9-7-,11-6+. The summed E-state index contributed by atoms with van der Waals surface area (Å²) < 4.78 is 10.9. The maximum absolute atomic E-state index is 11.8. The van der Waals surface area contributed by atoms with E-state index in [-0.39, 0.29) is 18.4 Å². The molecule has 0 aliphatic carbocycles. The number of ether oxygens (including phenoxy) is 1. The van der Waals surface area contributed by atoms with Crippen LogP contribution in [0, 0.1) is 0 Å². The Kier molecular flexibility index (Phi) is 7.11. The van der Waals surface area contributed by atoms with Crippen LogP contribution in [-0.4, -0.2) is 16.2 Å². The van der Waals surface area contributed by atoms with Gasteiger partial charge in [-0.05, 0) is 18.9 Å². The van der Waals surface area contributed by atoms with Crippen LogP contribution in [0.4, 0.5) is 0 Å².